The molecule has 3 aliphatic rings. The number of fused-ring (bicyclic) bond motifs is 2. The molecule has 0 saturated carbocycles. The van der Waals surface area contributed by atoms with Gasteiger partial charge in [-0.15, -0.1) is 0 Å². The van der Waals surface area contributed by atoms with Crippen LogP contribution >= 0.6 is 0 Å². The summed E-state index contributed by atoms with van der Waals surface area (Å²) in [5.74, 6) is -0.0276. The quantitative estimate of drug-likeness (QED) is 0.704. The highest BCUT2D eigenvalue weighted by molar-refractivity contribution is 5.79. The Kier molecular flexibility index (Phi) is 5.35. The minimum Gasteiger partial charge on any atom is -0.392 e. The molecule has 4 heterocycles. The van der Waals surface area contributed by atoms with E-state index in [-0.39, 0.29) is 23.5 Å². The second-order valence-electron chi connectivity index (χ2n) is 8.43. The lowest BCUT2D eigenvalue weighted by Crippen LogP contribution is -2.78. The number of hydrogen-bond donors (Lipinski definition) is 2. The number of pyridine rings is 1. The fourth-order valence-electron chi connectivity index (χ4n) is 5.01. The maximum atomic E-state index is 12.4. The first-order valence-electron chi connectivity index (χ1n) is 10.0. The Labute approximate surface area is 165 Å². The van der Waals surface area contributed by atoms with Crippen LogP contribution in [0.1, 0.15) is 25.3 Å². The van der Waals surface area contributed by atoms with Gasteiger partial charge in [0.05, 0.1) is 11.6 Å². The standard InChI is InChI=1S/C20H29N5O3/c1-15(26)22-6-4-19(28)24-13-20(14-24)12-23(9-16-3-2-5-21-8-16)10-17-7-18(27)11-25(17)20/h2-3,5,8,17-18,27H,4,6-7,9-14H2,1H3,(H,22,26)/t17-,18+/m0/s1. The van der Waals surface area contributed by atoms with Crippen LogP contribution in [0.3, 0.4) is 0 Å². The summed E-state index contributed by atoms with van der Waals surface area (Å²) in [6.45, 7) is 6.59. The number of β-amino-alcohol motifs (C(OH)–C–C–N with tert-alkyl or cyclic N) is 1. The molecular formula is C20H29N5O3. The van der Waals surface area contributed by atoms with Crippen molar-refractivity contribution in [1.29, 1.82) is 0 Å². The van der Waals surface area contributed by atoms with E-state index in [1.165, 1.54) is 12.5 Å². The van der Waals surface area contributed by atoms with Crippen LogP contribution in [0.2, 0.25) is 0 Å². The number of hydrogen-bond acceptors (Lipinski definition) is 6. The smallest absolute Gasteiger partial charge is 0.224 e. The largest absolute Gasteiger partial charge is 0.392 e. The lowest BCUT2D eigenvalue weighted by Gasteiger charge is -2.61. The van der Waals surface area contributed by atoms with Crippen molar-refractivity contribution in [2.45, 2.75) is 44.0 Å². The first-order valence-corrected chi connectivity index (χ1v) is 10.0. The monoisotopic (exact) mass is 387 g/mol. The number of aromatic nitrogens is 1. The zero-order valence-electron chi connectivity index (χ0n) is 16.4. The van der Waals surface area contributed by atoms with E-state index in [1.807, 2.05) is 17.2 Å². The lowest BCUT2D eigenvalue weighted by atomic mass is 9.83. The minimum absolute atomic E-state index is 0.0771. The normalized spacial score (nSPS) is 26.7. The van der Waals surface area contributed by atoms with Crippen molar-refractivity contribution in [2.75, 3.05) is 39.3 Å². The third kappa shape index (κ3) is 3.90. The van der Waals surface area contributed by atoms with E-state index in [0.29, 0.717) is 38.6 Å². The van der Waals surface area contributed by atoms with Crippen molar-refractivity contribution in [3.63, 3.8) is 0 Å². The van der Waals surface area contributed by atoms with E-state index < -0.39 is 0 Å². The zero-order chi connectivity index (χ0) is 19.7. The predicted octanol–water partition coefficient (Wildman–Crippen LogP) is -0.560. The van der Waals surface area contributed by atoms with Crippen molar-refractivity contribution in [1.82, 2.24) is 25.0 Å². The number of carbonyl (C=O) groups excluding carboxylic acids is 2. The molecule has 1 aromatic rings. The van der Waals surface area contributed by atoms with Gasteiger partial charge in [-0.1, -0.05) is 6.07 Å². The SMILES string of the molecule is CC(=O)NCCC(=O)N1CC2(CN(Cc3cccnc3)C[C@@H]3C[C@@H](O)CN32)C1. The Hall–Kier alpha value is -2.03. The van der Waals surface area contributed by atoms with Crippen LogP contribution < -0.4 is 5.32 Å². The average molecular weight is 387 g/mol. The molecule has 1 spiro atoms. The number of rotatable bonds is 5. The summed E-state index contributed by atoms with van der Waals surface area (Å²) in [5.41, 5.74) is 1.11. The molecule has 0 bridgehead atoms. The van der Waals surface area contributed by atoms with Gasteiger partial charge in [0.2, 0.25) is 11.8 Å². The molecule has 28 heavy (non-hydrogen) atoms. The topological polar surface area (TPSA) is 89.0 Å². The maximum Gasteiger partial charge on any atom is 0.224 e. The van der Waals surface area contributed by atoms with Gasteiger partial charge in [0.1, 0.15) is 0 Å². The lowest BCUT2D eigenvalue weighted by molar-refractivity contribution is -0.156. The predicted molar refractivity (Wildman–Crippen MR) is 103 cm³/mol. The van der Waals surface area contributed by atoms with Gasteiger partial charge in [0, 0.05) is 77.6 Å². The molecular weight excluding hydrogens is 358 g/mol. The van der Waals surface area contributed by atoms with Gasteiger partial charge < -0.3 is 15.3 Å². The maximum absolute atomic E-state index is 12.4. The van der Waals surface area contributed by atoms with Crippen LogP contribution in [0, 0.1) is 0 Å². The highest BCUT2D eigenvalue weighted by Gasteiger charge is 2.56. The van der Waals surface area contributed by atoms with E-state index in [4.69, 9.17) is 0 Å². The third-order valence-corrected chi connectivity index (χ3v) is 6.15. The second kappa shape index (κ2) is 7.77. The highest BCUT2D eigenvalue weighted by Crippen LogP contribution is 2.39. The molecule has 0 radical (unpaired) electrons. The molecule has 3 aliphatic heterocycles. The van der Waals surface area contributed by atoms with E-state index in [9.17, 15) is 14.7 Å². The number of aliphatic hydroxyl groups is 1. The molecule has 8 nitrogen and oxygen atoms in total. The number of nitrogens with zero attached hydrogens (tertiary/aromatic N) is 4. The number of carbonyl (C=O) groups is 2. The Bertz CT molecular complexity index is 722. The zero-order valence-corrected chi connectivity index (χ0v) is 16.4. The second-order valence-corrected chi connectivity index (χ2v) is 8.43. The number of amides is 2. The summed E-state index contributed by atoms with van der Waals surface area (Å²) in [6.07, 6.45) is 4.53. The van der Waals surface area contributed by atoms with Crippen molar-refractivity contribution in [3.05, 3.63) is 30.1 Å². The van der Waals surface area contributed by atoms with Gasteiger partial charge in [0.25, 0.3) is 0 Å². The molecule has 3 saturated heterocycles. The van der Waals surface area contributed by atoms with Crippen molar-refractivity contribution in [3.8, 4) is 0 Å². The Morgan fingerprint density at radius 2 is 2.14 bits per heavy atom. The highest BCUT2D eigenvalue weighted by atomic mass is 16.3. The average Bonchev–Trinajstić information content (AvgIpc) is 3.00. The fraction of sp³-hybridized carbons (Fsp3) is 0.650. The Morgan fingerprint density at radius 3 is 2.86 bits per heavy atom. The molecule has 4 rings (SSSR count). The number of piperazine rings is 1. The van der Waals surface area contributed by atoms with Gasteiger partial charge in [-0.2, -0.15) is 0 Å². The van der Waals surface area contributed by atoms with Gasteiger partial charge in [-0.05, 0) is 18.1 Å². The van der Waals surface area contributed by atoms with Crippen LogP contribution in [0.15, 0.2) is 24.5 Å². The van der Waals surface area contributed by atoms with E-state index in [2.05, 4.69) is 26.2 Å². The Morgan fingerprint density at radius 1 is 1.32 bits per heavy atom. The summed E-state index contributed by atoms with van der Waals surface area (Å²) in [5, 5.41) is 12.9. The number of likely N-dealkylation sites (tertiary alicyclic amines) is 1. The molecule has 0 unspecified atom stereocenters. The summed E-state index contributed by atoms with van der Waals surface area (Å²) < 4.78 is 0. The summed E-state index contributed by atoms with van der Waals surface area (Å²) in [7, 11) is 0. The third-order valence-electron chi connectivity index (χ3n) is 6.15. The minimum atomic E-state index is -0.287. The molecule has 2 atom stereocenters. The van der Waals surface area contributed by atoms with Crippen LogP contribution in [-0.2, 0) is 16.1 Å². The van der Waals surface area contributed by atoms with Crippen LogP contribution in [-0.4, -0.2) is 93.6 Å². The molecule has 2 N–H and O–H groups in total. The van der Waals surface area contributed by atoms with Crippen molar-refractivity contribution in [2.24, 2.45) is 0 Å². The molecule has 8 heteroatoms. The summed E-state index contributed by atoms with van der Waals surface area (Å²) >= 11 is 0. The first-order chi connectivity index (χ1) is 13.4. The van der Waals surface area contributed by atoms with Crippen molar-refractivity contribution < 1.29 is 14.7 Å². The van der Waals surface area contributed by atoms with Gasteiger partial charge in [0.15, 0.2) is 0 Å². The van der Waals surface area contributed by atoms with E-state index in [0.717, 1.165) is 26.1 Å². The number of nitrogens with one attached hydrogen (secondary N) is 1. The molecule has 152 valence electrons. The summed E-state index contributed by atoms with van der Waals surface area (Å²) in [4.78, 5) is 34.4. The number of aliphatic hydroxyl groups excluding tert-OH is 1. The van der Waals surface area contributed by atoms with Crippen LogP contribution in [0.5, 0.6) is 0 Å². The molecule has 0 aliphatic carbocycles. The van der Waals surface area contributed by atoms with E-state index in [1.54, 1.807) is 6.20 Å². The molecule has 3 fully saturated rings. The van der Waals surface area contributed by atoms with Gasteiger partial charge in [-0.25, -0.2) is 0 Å². The first kappa shape index (κ1) is 19.3. The fourth-order valence-corrected chi connectivity index (χ4v) is 5.01. The van der Waals surface area contributed by atoms with Crippen LogP contribution in [0.4, 0.5) is 0 Å². The van der Waals surface area contributed by atoms with Gasteiger partial charge >= 0.3 is 0 Å². The summed E-state index contributed by atoms with van der Waals surface area (Å²) in [6, 6.07) is 4.38. The Balaban J connectivity index is 1.40. The molecule has 2 amide bonds. The van der Waals surface area contributed by atoms with Crippen LogP contribution in [0.25, 0.3) is 0 Å². The molecule has 0 aromatic carbocycles. The molecule has 1 aromatic heterocycles. The van der Waals surface area contributed by atoms with Crippen molar-refractivity contribution >= 4 is 11.8 Å². The van der Waals surface area contributed by atoms with Gasteiger partial charge in [-0.3, -0.25) is 24.4 Å². The van der Waals surface area contributed by atoms with E-state index >= 15 is 0 Å².